The second-order valence-electron chi connectivity index (χ2n) is 11.1. The Labute approximate surface area is 281 Å². The number of hydrogen-bond acceptors (Lipinski definition) is 8. The highest BCUT2D eigenvalue weighted by Crippen LogP contribution is 2.28. The Kier molecular flexibility index (Phi) is 11.9. The number of aromatic nitrogens is 2. The van der Waals surface area contributed by atoms with Crippen molar-refractivity contribution < 1.29 is 14.3 Å². The highest BCUT2D eigenvalue weighted by Gasteiger charge is 2.19. The number of piperazine rings is 1. The summed E-state index contributed by atoms with van der Waals surface area (Å²) in [6.07, 6.45) is 5.10. The van der Waals surface area contributed by atoms with Gasteiger partial charge in [0.25, 0.3) is 5.91 Å². The molecule has 1 aliphatic heterocycles. The normalized spacial score (nSPS) is 13.6. The first-order valence-electron chi connectivity index (χ1n) is 15.3. The quantitative estimate of drug-likeness (QED) is 0.0906. The fraction of sp³-hybridized carbons (Fsp3) is 0.306. The van der Waals surface area contributed by atoms with Crippen molar-refractivity contribution in [3.05, 3.63) is 112 Å². The molecular formula is C36H40ClN5O3S. The number of thioether (sulfide) groups is 1. The molecule has 1 amide bonds. The molecule has 0 unspecified atom stereocenters. The molecule has 0 saturated carbocycles. The smallest absolute Gasteiger partial charge is 0.253 e. The predicted octanol–water partition coefficient (Wildman–Crippen LogP) is 6.59. The van der Waals surface area contributed by atoms with Gasteiger partial charge in [0.2, 0.25) is 0 Å². The van der Waals surface area contributed by atoms with Crippen LogP contribution in [0.25, 0.3) is 6.08 Å². The van der Waals surface area contributed by atoms with Crippen molar-refractivity contribution >= 4 is 41.2 Å². The molecule has 1 saturated heterocycles. The number of rotatable bonds is 13. The molecule has 1 aliphatic rings. The summed E-state index contributed by atoms with van der Waals surface area (Å²) in [5, 5.41) is 1.06. The third-order valence-corrected chi connectivity index (χ3v) is 9.02. The molecule has 10 heteroatoms. The van der Waals surface area contributed by atoms with E-state index in [1.165, 1.54) is 17.3 Å². The van der Waals surface area contributed by atoms with Crippen LogP contribution in [0.5, 0.6) is 11.5 Å². The Morgan fingerprint density at radius 3 is 2.46 bits per heavy atom. The number of carbonyl (C=O) groups is 1. The highest BCUT2D eigenvalue weighted by molar-refractivity contribution is 7.98. The summed E-state index contributed by atoms with van der Waals surface area (Å²) in [4.78, 5) is 29.0. The SMILES string of the molecule is COc1ccc(CCN(C)C(=O)c2cccc(CSc3nc(Cl)cc(N4CCN(CC=Cc5ccccc5)CC4)n3)c2)cc1OC. The van der Waals surface area contributed by atoms with Gasteiger partial charge in [0.15, 0.2) is 16.7 Å². The molecule has 1 fully saturated rings. The van der Waals surface area contributed by atoms with Crippen molar-refractivity contribution in [1.29, 1.82) is 0 Å². The van der Waals surface area contributed by atoms with E-state index in [2.05, 4.69) is 51.2 Å². The van der Waals surface area contributed by atoms with E-state index in [0.717, 1.165) is 49.7 Å². The third kappa shape index (κ3) is 9.25. The summed E-state index contributed by atoms with van der Waals surface area (Å²) in [6, 6.07) is 25.8. The van der Waals surface area contributed by atoms with E-state index in [1.54, 1.807) is 19.1 Å². The van der Waals surface area contributed by atoms with Crippen LogP contribution in [-0.4, -0.2) is 86.2 Å². The van der Waals surface area contributed by atoms with Crippen molar-refractivity contribution in [3.63, 3.8) is 0 Å². The molecule has 0 radical (unpaired) electrons. The number of likely N-dealkylation sites (N-methyl/N-ethyl adjacent to an activating group) is 1. The summed E-state index contributed by atoms with van der Waals surface area (Å²) >= 11 is 7.96. The molecule has 1 aromatic heterocycles. The zero-order valence-corrected chi connectivity index (χ0v) is 28.1. The third-order valence-electron chi connectivity index (χ3n) is 7.90. The number of amides is 1. The zero-order chi connectivity index (χ0) is 32.3. The van der Waals surface area contributed by atoms with E-state index in [-0.39, 0.29) is 5.91 Å². The second-order valence-corrected chi connectivity index (χ2v) is 12.4. The Morgan fingerprint density at radius 2 is 1.70 bits per heavy atom. The van der Waals surface area contributed by atoms with Crippen LogP contribution < -0.4 is 14.4 Å². The van der Waals surface area contributed by atoms with Crippen molar-refractivity contribution in [2.75, 3.05) is 65.4 Å². The molecule has 240 valence electrons. The number of halogens is 1. The molecule has 4 aromatic rings. The Morgan fingerprint density at radius 1 is 0.913 bits per heavy atom. The van der Waals surface area contributed by atoms with Crippen molar-refractivity contribution in [2.24, 2.45) is 0 Å². The van der Waals surface area contributed by atoms with Crippen molar-refractivity contribution in [2.45, 2.75) is 17.3 Å². The summed E-state index contributed by atoms with van der Waals surface area (Å²) < 4.78 is 10.7. The summed E-state index contributed by atoms with van der Waals surface area (Å²) in [7, 11) is 5.06. The Balaban J connectivity index is 1.12. The molecule has 0 aliphatic carbocycles. The molecular weight excluding hydrogens is 618 g/mol. The fourth-order valence-electron chi connectivity index (χ4n) is 5.27. The largest absolute Gasteiger partial charge is 0.493 e. The van der Waals surface area contributed by atoms with Gasteiger partial charge in [-0.3, -0.25) is 9.69 Å². The lowest BCUT2D eigenvalue weighted by atomic mass is 10.1. The van der Waals surface area contributed by atoms with Gasteiger partial charge >= 0.3 is 0 Å². The van der Waals surface area contributed by atoms with Gasteiger partial charge in [0.05, 0.1) is 14.2 Å². The molecule has 0 spiro atoms. The predicted molar refractivity (Wildman–Crippen MR) is 187 cm³/mol. The standard InChI is InChI=1S/C36H40ClN5O3S/c1-40(18-16-28-14-15-31(44-2)32(24-28)45-3)35(43)30-13-7-11-29(23-30)26-46-36-38-33(37)25-34(39-36)42-21-19-41(20-22-42)17-8-12-27-9-5-4-6-10-27/h4-15,23-25H,16-22,26H2,1-3H3. The van der Waals surface area contributed by atoms with Crippen LogP contribution in [-0.2, 0) is 12.2 Å². The Hall–Kier alpha value is -4.05. The number of hydrogen-bond donors (Lipinski definition) is 0. The van der Waals surface area contributed by atoms with Crippen LogP contribution >= 0.6 is 23.4 Å². The van der Waals surface area contributed by atoms with Crippen LogP contribution in [0.2, 0.25) is 5.15 Å². The second kappa shape index (κ2) is 16.5. The van der Waals surface area contributed by atoms with E-state index in [4.69, 9.17) is 26.1 Å². The van der Waals surface area contributed by atoms with Gasteiger partial charge in [-0.25, -0.2) is 9.97 Å². The maximum absolute atomic E-state index is 13.2. The summed E-state index contributed by atoms with van der Waals surface area (Å²) in [6.45, 7) is 5.15. The van der Waals surface area contributed by atoms with Crippen molar-refractivity contribution in [1.82, 2.24) is 19.8 Å². The van der Waals surface area contributed by atoms with Crippen LogP contribution in [0, 0.1) is 0 Å². The first kappa shape index (κ1) is 33.3. The van der Waals surface area contributed by atoms with E-state index in [9.17, 15) is 4.79 Å². The molecule has 8 nitrogen and oxygen atoms in total. The number of benzene rings is 3. The average molecular weight is 658 g/mol. The number of ether oxygens (including phenoxy) is 2. The monoisotopic (exact) mass is 657 g/mol. The van der Waals surface area contributed by atoms with E-state index < -0.39 is 0 Å². The van der Waals surface area contributed by atoms with Gasteiger partial charge in [-0.1, -0.05) is 84.0 Å². The Bertz CT molecular complexity index is 1630. The van der Waals surface area contributed by atoms with Gasteiger partial charge in [-0.15, -0.1) is 0 Å². The van der Waals surface area contributed by atoms with Crippen LogP contribution in [0.15, 0.2) is 90.1 Å². The number of nitrogens with zero attached hydrogens (tertiary/aromatic N) is 5. The lowest BCUT2D eigenvalue weighted by Gasteiger charge is -2.35. The number of carbonyl (C=O) groups excluding carboxylic acids is 1. The first-order valence-corrected chi connectivity index (χ1v) is 16.7. The summed E-state index contributed by atoms with van der Waals surface area (Å²) in [5.74, 6) is 2.81. The fourth-order valence-corrected chi connectivity index (χ4v) is 6.29. The van der Waals surface area contributed by atoms with Crippen molar-refractivity contribution in [3.8, 4) is 11.5 Å². The number of anilines is 1. The van der Waals surface area contributed by atoms with E-state index >= 15 is 0 Å². The van der Waals surface area contributed by atoms with Gasteiger partial charge in [0.1, 0.15) is 11.0 Å². The van der Waals surface area contributed by atoms with Crippen LogP contribution in [0.1, 0.15) is 27.0 Å². The maximum Gasteiger partial charge on any atom is 0.253 e. The molecule has 0 atom stereocenters. The lowest BCUT2D eigenvalue weighted by Crippen LogP contribution is -2.46. The lowest BCUT2D eigenvalue weighted by molar-refractivity contribution is 0.0796. The summed E-state index contributed by atoms with van der Waals surface area (Å²) in [5.41, 5.74) is 3.96. The van der Waals surface area contributed by atoms with Gasteiger partial charge in [-0.2, -0.15) is 0 Å². The minimum Gasteiger partial charge on any atom is -0.493 e. The minimum absolute atomic E-state index is 0.0247. The topological polar surface area (TPSA) is 71.0 Å². The molecule has 46 heavy (non-hydrogen) atoms. The average Bonchev–Trinajstić information content (AvgIpc) is 3.10. The molecule has 3 aromatic carbocycles. The number of methoxy groups -OCH3 is 2. The van der Waals surface area contributed by atoms with Gasteiger partial charge in [-0.05, 0) is 47.4 Å². The van der Waals surface area contributed by atoms with Crippen LogP contribution in [0.3, 0.4) is 0 Å². The zero-order valence-electron chi connectivity index (χ0n) is 26.6. The van der Waals surface area contributed by atoms with E-state index in [1.807, 2.05) is 61.6 Å². The highest BCUT2D eigenvalue weighted by atomic mass is 35.5. The molecule has 5 rings (SSSR count). The van der Waals surface area contributed by atoms with E-state index in [0.29, 0.717) is 46.1 Å². The molecule has 2 heterocycles. The van der Waals surface area contributed by atoms with Gasteiger partial charge in [0, 0.05) is 63.7 Å². The maximum atomic E-state index is 13.2. The molecule has 0 bridgehead atoms. The first-order chi connectivity index (χ1) is 22.4. The minimum atomic E-state index is -0.0247. The van der Waals surface area contributed by atoms with Crippen LogP contribution in [0.4, 0.5) is 5.82 Å². The molecule has 0 N–H and O–H groups in total. The van der Waals surface area contributed by atoms with Gasteiger partial charge < -0.3 is 19.3 Å².